The first-order valence-electron chi connectivity index (χ1n) is 1.70. The fraction of sp³-hybridized carbons (Fsp3) is 0. The van der Waals surface area contributed by atoms with Crippen molar-refractivity contribution >= 4 is 101 Å². The first-order chi connectivity index (χ1) is 3.39. The van der Waals surface area contributed by atoms with E-state index in [4.69, 9.17) is 0 Å². The van der Waals surface area contributed by atoms with Gasteiger partial charge in [-0.1, -0.05) is 0 Å². The van der Waals surface area contributed by atoms with Crippen molar-refractivity contribution in [3.05, 3.63) is 12.7 Å². The van der Waals surface area contributed by atoms with Gasteiger partial charge in [0, 0.05) is 0 Å². The minimum atomic E-state index is 0. The molecule has 1 rings (SSSR count). The van der Waals surface area contributed by atoms with Gasteiger partial charge in [-0.25, -0.2) is 15.0 Å². The van der Waals surface area contributed by atoms with Crippen LogP contribution in [0.4, 0.5) is 0 Å². The molecule has 0 saturated carbocycles. The van der Waals surface area contributed by atoms with Crippen molar-refractivity contribution in [2.24, 2.45) is 0 Å². The Morgan fingerprint density at radius 1 is 1.00 bits per heavy atom. The summed E-state index contributed by atoms with van der Waals surface area (Å²) >= 11 is 3.82. The molecule has 1 aromatic heterocycles. The van der Waals surface area contributed by atoms with E-state index < -0.39 is 0 Å². The zero-order valence-electron chi connectivity index (χ0n) is 3.94. The van der Waals surface area contributed by atoms with Crippen LogP contribution in [-0.4, -0.2) is 109 Å². The minimum absolute atomic E-state index is 0. The first kappa shape index (κ1) is 23.3. The molecule has 0 spiro atoms. The molecule has 0 amide bonds. The Labute approximate surface area is 137 Å². The summed E-state index contributed by atoms with van der Waals surface area (Å²) in [5.74, 6) is 0. The fourth-order valence-corrected chi connectivity index (χ4v) is 0.336. The van der Waals surface area contributed by atoms with Gasteiger partial charge in [-0.2, -0.15) is 0 Å². The second-order valence-electron chi connectivity index (χ2n) is 0.938. The monoisotopic (exact) mass is 203 g/mol. The van der Waals surface area contributed by atoms with Gasteiger partial charge in [0.05, 0.1) is 0 Å². The molecule has 0 atom stereocenters. The van der Waals surface area contributed by atoms with Crippen molar-refractivity contribution < 1.29 is 5.48 Å². The molecule has 1 aromatic rings. The zero-order valence-corrected chi connectivity index (χ0v) is 4.84. The third kappa shape index (κ3) is 12.3. The summed E-state index contributed by atoms with van der Waals surface area (Å²) in [6.45, 7) is 0. The maximum absolute atomic E-state index is 3.82. The van der Waals surface area contributed by atoms with Crippen LogP contribution >= 0.6 is 12.6 Å². The number of aromatic nitrogens is 3. The molecule has 0 bridgehead atoms. The van der Waals surface area contributed by atoms with Gasteiger partial charge in [0.1, 0.15) is 12.7 Å². The molecule has 0 fully saturated rings. The number of thiol groups is 1. The number of hydrogen-bond donors (Lipinski definition) is 1. The number of hydrogen-bond acceptors (Lipinski definition) is 4. The molecule has 8 heteroatoms. The van der Waals surface area contributed by atoms with E-state index in [9.17, 15) is 0 Å². The Bertz CT molecular complexity index is 154. The summed E-state index contributed by atoms with van der Waals surface area (Å²) in [4.78, 5) is 10.8. The molecule has 50 valence electrons. The van der Waals surface area contributed by atoms with Crippen LogP contribution in [0.5, 0.6) is 0 Å². The van der Waals surface area contributed by atoms with Crippen LogP contribution in [0.15, 0.2) is 17.8 Å². The summed E-state index contributed by atoms with van der Waals surface area (Å²) in [5.41, 5.74) is 0. The summed E-state index contributed by atoms with van der Waals surface area (Å²) < 4.78 is 0. The van der Waals surface area contributed by atoms with Crippen molar-refractivity contribution in [2.75, 3.05) is 0 Å². The van der Waals surface area contributed by atoms with Crippen molar-refractivity contribution in [3.8, 4) is 0 Å². The average Bonchev–Trinajstić information content (AvgIpc) is 1.69. The van der Waals surface area contributed by atoms with Crippen LogP contribution < -0.4 is 0 Å². The molecular formula is C3H8N3Na3OS. The predicted octanol–water partition coefficient (Wildman–Crippen LogP) is -2.61. The normalized spacial score (nSPS) is 5.55. The molecule has 0 aliphatic rings. The predicted molar refractivity (Wildman–Crippen MR) is 52.1 cm³/mol. The summed E-state index contributed by atoms with van der Waals surface area (Å²) in [6.07, 6.45) is 2.80. The van der Waals surface area contributed by atoms with Gasteiger partial charge in [-0.05, 0) is 0 Å². The Morgan fingerprint density at radius 2 is 1.36 bits per heavy atom. The third-order valence-electron chi connectivity index (χ3n) is 0.480. The van der Waals surface area contributed by atoms with E-state index in [-0.39, 0.29) is 94.1 Å². The van der Waals surface area contributed by atoms with E-state index >= 15 is 0 Å². The van der Waals surface area contributed by atoms with Gasteiger partial charge < -0.3 is 5.48 Å². The molecule has 0 unspecified atom stereocenters. The molecule has 1 heterocycles. The van der Waals surface area contributed by atoms with Crippen LogP contribution in [0, 0.1) is 0 Å². The quantitative estimate of drug-likeness (QED) is 0.371. The second kappa shape index (κ2) is 14.8. The van der Waals surface area contributed by atoms with Gasteiger partial charge in [-0.15, -0.1) is 12.6 Å². The van der Waals surface area contributed by atoms with E-state index in [1.54, 1.807) is 0 Å². The second-order valence-corrected chi connectivity index (χ2v) is 1.34. The zero-order chi connectivity index (χ0) is 5.11. The Hall–Kier alpha value is 2.32. The Kier molecular flexibility index (Phi) is 31.4. The SMILES string of the molecule is O.Sc1ncncn1.[NaH].[NaH].[NaH]. The molecular weight excluding hydrogens is 195 g/mol. The van der Waals surface area contributed by atoms with Crippen molar-refractivity contribution in [1.29, 1.82) is 0 Å². The van der Waals surface area contributed by atoms with E-state index in [0.29, 0.717) is 5.16 Å². The molecule has 0 radical (unpaired) electrons. The third-order valence-corrected chi connectivity index (χ3v) is 0.711. The van der Waals surface area contributed by atoms with Crippen LogP contribution in [0.3, 0.4) is 0 Å². The van der Waals surface area contributed by atoms with Crippen molar-refractivity contribution in [1.82, 2.24) is 15.0 Å². The van der Waals surface area contributed by atoms with Crippen LogP contribution in [-0.2, 0) is 0 Å². The molecule has 2 N–H and O–H groups in total. The number of rotatable bonds is 0. The van der Waals surface area contributed by atoms with Crippen molar-refractivity contribution in [2.45, 2.75) is 5.16 Å². The Balaban J connectivity index is -0.0000000612. The van der Waals surface area contributed by atoms with Crippen molar-refractivity contribution in [3.63, 3.8) is 0 Å². The molecule has 0 saturated heterocycles. The average molecular weight is 203 g/mol. The molecule has 0 aliphatic heterocycles. The van der Waals surface area contributed by atoms with Gasteiger partial charge >= 0.3 is 88.7 Å². The number of nitrogens with zero attached hydrogens (tertiary/aromatic N) is 3. The van der Waals surface area contributed by atoms with E-state index in [2.05, 4.69) is 27.6 Å². The van der Waals surface area contributed by atoms with E-state index in [1.807, 2.05) is 0 Å². The first-order valence-corrected chi connectivity index (χ1v) is 2.15. The summed E-state index contributed by atoms with van der Waals surface area (Å²) in [6, 6.07) is 0. The van der Waals surface area contributed by atoms with E-state index in [1.165, 1.54) is 12.7 Å². The van der Waals surface area contributed by atoms with Crippen LogP contribution in [0.25, 0.3) is 0 Å². The van der Waals surface area contributed by atoms with Gasteiger partial charge in [0.15, 0.2) is 5.16 Å². The maximum atomic E-state index is 3.82. The van der Waals surface area contributed by atoms with Gasteiger partial charge in [0.25, 0.3) is 0 Å². The molecule has 11 heavy (non-hydrogen) atoms. The molecule has 0 aromatic carbocycles. The van der Waals surface area contributed by atoms with Gasteiger partial charge in [-0.3, -0.25) is 0 Å². The van der Waals surface area contributed by atoms with Crippen LogP contribution in [0.1, 0.15) is 0 Å². The van der Waals surface area contributed by atoms with Gasteiger partial charge in [0.2, 0.25) is 0 Å². The molecule has 0 aliphatic carbocycles. The standard InChI is InChI=1S/C3H3N3S.3Na.H2O.3H/c7-3-5-1-4-2-6-3;;;;;;;/h1-2H,(H,4,5,6,7);;;;1H2;;;. The molecule has 4 nitrogen and oxygen atoms in total. The Morgan fingerprint density at radius 3 is 1.55 bits per heavy atom. The summed E-state index contributed by atoms with van der Waals surface area (Å²) in [7, 11) is 0. The fourth-order valence-electron chi connectivity index (χ4n) is 0.233. The van der Waals surface area contributed by atoms with E-state index in [0.717, 1.165) is 0 Å². The van der Waals surface area contributed by atoms with Crippen LogP contribution in [0.2, 0.25) is 0 Å². The topological polar surface area (TPSA) is 70.2 Å². The summed E-state index contributed by atoms with van der Waals surface area (Å²) in [5, 5.41) is 0.454.